The van der Waals surface area contributed by atoms with Crippen LogP contribution in [0.5, 0.6) is 6.01 Å². The van der Waals surface area contributed by atoms with Crippen LogP contribution in [0.15, 0.2) is 36.4 Å². The number of fused-ring (bicyclic) bond motifs is 2. The lowest BCUT2D eigenvalue weighted by Gasteiger charge is -2.29. The van der Waals surface area contributed by atoms with Gasteiger partial charge in [0.05, 0.1) is 18.4 Å². The van der Waals surface area contributed by atoms with E-state index in [2.05, 4.69) is 93.2 Å². The fraction of sp³-hybridized carbons (Fsp3) is 0.533. The summed E-state index contributed by atoms with van der Waals surface area (Å²) in [5.41, 5.74) is 4.53. The highest BCUT2D eigenvalue weighted by molar-refractivity contribution is 5.89. The van der Waals surface area contributed by atoms with Crippen molar-refractivity contribution in [1.82, 2.24) is 19.8 Å². The van der Waals surface area contributed by atoms with E-state index in [4.69, 9.17) is 19.4 Å². The highest BCUT2D eigenvalue weighted by Crippen LogP contribution is 2.37. The van der Waals surface area contributed by atoms with Gasteiger partial charge in [-0.2, -0.15) is 9.97 Å². The van der Waals surface area contributed by atoms with Crippen LogP contribution in [-0.4, -0.2) is 72.2 Å². The van der Waals surface area contributed by atoms with Crippen molar-refractivity contribution in [1.29, 1.82) is 0 Å². The van der Waals surface area contributed by atoms with E-state index >= 15 is 0 Å². The molecule has 1 aliphatic rings. The summed E-state index contributed by atoms with van der Waals surface area (Å²) in [6.07, 6.45) is 0.630. The van der Waals surface area contributed by atoms with E-state index in [1.807, 2.05) is 0 Å². The maximum absolute atomic E-state index is 6.47. The Labute approximate surface area is 222 Å². The molecule has 0 spiro atoms. The van der Waals surface area contributed by atoms with Gasteiger partial charge in [0.2, 0.25) is 0 Å². The zero-order chi connectivity index (χ0) is 26.4. The molecule has 0 amide bonds. The SMILES string of the molecule is CCN(CC)CCOc1nc2c(c(NC[C@H](C)N(C)CC)n1)COC(c1cccc3cccc(C)c13)C2. The van der Waals surface area contributed by atoms with E-state index in [1.54, 1.807) is 0 Å². The zero-order valence-electron chi connectivity index (χ0n) is 23.4. The number of rotatable bonds is 12. The lowest BCUT2D eigenvalue weighted by atomic mass is 9.92. The number of nitrogens with zero attached hydrogens (tertiary/aromatic N) is 4. The second-order valence-electron chi connectivity index (χ2n) is 9.98. The Morgan fingerprint density at radius 1 is 1.08 bits per heavy atom. The van der Waals surface area contributed by atoms with Crippen LogP contribution in [-0.2, 0) is 17.8 Å². The number of benzene rings is 2. The van der Waals surface area contributed by atoms with Crippen molar-refractivity contribution in [2.75, 3.05) is 51.7 Å². The first-order valence-corrected chi connectivity index (χ1v) is 13.7. The van der Waals surface area contributed by atoms with Gasteiger partial charge in [-0.05, 0) is 62.4 Å². The molecule has 0 fully saturated rings. The molecule has 1 unspecified atom stereocenters. The van der Waals surface area contributed by atoms with Gasteiger partial charge in [-0.3, -0.25) is 0 Å². The average molecular weight is 506 g/mol. The van der Waals surface area contributed by atoms with Crippen molar-refractivity contribution in [3.8, 4) is 6.01 Å². The molecular formula is C30H43N5O2. The van der Waals surface area contributed by atoms with E-state index < -0.39 is 0 Å². The first-order valence-electron chi connectivity index (χ1n) is 13.7. The molecule has 3 aromatic rings. The molecule has 0 radical (unpaired) electrons. The Morgan fingerprint density at radius 3 is 2.57 bits per heavy atom. The summed E-state index contributed by atoms with van der Waals surface area (Å²) in [7, 11) is 2.14. The lowest BCUT2D eigenvalue weighted by molar-refractivity contribution is 0.0267. The molecule has 37 heavy (non-hydrogen) atoms. The first kappa shape index (κ1) is 27.3. The normalized spacial score (nSPS) is 16.3. The van der Waals surface area contributed by atoms with Crippen LogP contribution in [0.1, 0.15) is 56.2 Å². The van der Waals surface area contributed by atoms with Crippen molar-refractivity contribution < 1.29 is 9.47 Å². The summed E-state index contributed by atoms with van der Waals surface area (Å²) in [4.78, 5) is 14.3. The molecule has 2 heterocycles. The molecule has 7 nitrogen and oxygen atoms in total. The summed E-state index contributed by atoms with van der Waals surface area (Å²) in [5, 5.41) is 6.10. The molecule has 0 aliphatic carbocycles. The van der Waals surface area contributed by atoms with E-state index in [0.29, 0.717) is 31.7 Å². The number of hydrogen-bond acceptors (Lipinski definition) is 7. The third-order valence-electron chi connectivity index (χ3n) is 7.72. The zero-order valence-corrected chi connectivity index (χ0v) is 23.4. The monoisotopic (exact) mass is 505 g/mol. The minimum atomic E-state index is -0.0614. The van der Waals surface area contributed by atoms with Gasteiger partial charge in [-0.15, -0.1) is 0 Å². The van der Waals surface area contributed by atoms with E-state index in [0.717, 1.165) is 49.8 Å². The van der Waals surface area contributed by atoms with Gasteiger partial charge in [-0.1, -0.05) is 57.2 Å². The van der Waals surface area contributed by atoms with Crippen molar-refractivity contribution in [2.45, 2.75) is 59.8 Å². The Bertz CT molecular complexity index is 1170. The Balaban J connectivity index is 1.61. The number of aromatic nitrogens is 2. The summed E-state index contributed by atoms with van der Waals surface area (Å²) >= 11 is 0. The van der Waals surface area contributed by atoms with Gasteiger partial charge in [0, 0.05) is 31.1 Å². The predicted octanol–water partition coefficient (Wildman–Crippen LogP) is 5.22. The van der Waals surface area contributed by atoms with Crippen molar-refractivity contribution in [3.63, 3.8) is 0 Å². The topological polar surface area (TPSA) is 62.8 Å². The molecular weight excluding hydrogens is 462 g/mol. The fourth-order valence-corrected chi connectivity index (χ4v) is 5.01. The van der Waals surface area contributed by atoms with Gasteiger partial charge >= 0.3 is 6.01 Å². The maximum atomic E-state index is 6.47. The standard InChI is InChI=1S/C30H43N5O2/c1-7-34(6)22(5)19-31-29-25-20-37-27(24-15-11-14-23-13-10-12-21(4)28(23)24)18-26(25)32-30(33-29)36-17-16-35(8-2)9-3/h10-15,22,27H,7-9,16-20H2,1-6H3,(H,31,32,33)/t22-,27?/m0/s1. The van der Waals surface area contributed by atoms with Crippen LogP contribution < -0.4 is 10.1 Å². The van der Waals surface area contributed by atoms with E-state index in [9.17, 15) is 0 Å². The minimum absolute atomic E-state index is 0.0614. The molecule has 1 aromatic heterocycles. The van der Waals surface area contributed by atoms with Gasteiger partial charge in [0.1, 0.15) is 12.4 Å². The van der Waals surface area contributed by atoms with Gasteiger partial charge in [0.25, 0.3) is 0 Å². The number of ether oxygens (including phenoxy) is 2. The Hall–Kier alpha value is -2.74. The molecule has 200 valence electrons. The first-order chi connectivity index (χ1) is 17.9. The number of aryl methyl sites for hydroxylation is 1. The lowest BCUT2D eigenvalue weighted by Crippen LogP contribution is -2.35. The number of nitrogens with one attached hydrogen (secondary N) is 1. The predicted molar refractivity (Wildman–Crippen MR) is 151 cm³/mol. The van der Waals surface area contributed by atoms with Gasteiger partial charge in [0.15, 0.2) is 0 Å². The highest BCUT2D eigenvalue weighted by atomic mass is 16.5. The quantitative estimate of drug-likeness (QED) is 0.362. The third kappa shape index (κ3) is 6.40. The molecule has 7 heteroatoms. The summed E-state index contributed by atoms with van der Waals surface area (Å²) < 4.78 is 12.6. The second-order valence-corrected chi connectivity index (χ2v) is 9.98. The van der Waals surface area contributed by atoms with Crippen LogP contribution in [0.4, 0.5) is 5.82 Å². The summed E-state index contributed by atoms with van der Waals surface area (Å²) in [6, 6.07) is 13.8. The molecule has 4 rings (SSSR count). The van der Waals surface area contributed by atoms with Crippen LogP contribution in [0.2, 0.25) is 0 Å². The molecule has 1 aliphatic heterocycles. The average Bonchev–Trinajstić information content (AvgIpc) is 2.92. The number of likely N-dealkylation sites (N-methyl/N-ethyl adjacent to an activating group) is 2. The fourth-order valence-electron chi connectivity index (χ4n) is 5.01. The third-order valence-corrected chi connectivity index (χ3v) is 7.72. The van der Waals surface area contributed by atoms with Crippen molar-refractivity contribution in [2.24, 2.45) is 0 Å². The van der Waals surface area contributed by atoms with Crippen LogP contribution in [0.25, 0.3) is 10.8 Å². The largest absolute Gasteiger partial charge is 0.462 e. The molecule has 0 saturated heterocycles. The van der Waals surface area contributed by atoms with Crippen LogP contribution in [0, 0.1) is 6.92 Å². The van der Waals surface area contributed by atoms with Gasteiger partial charge in [-0.25, -0.2) is 0 Å². The van der Waals surface area contributed by atoms with Gasteiger partial charge < -0.3 is 24.6 Å². The molecule has 1 N–H and O–H groups in total. The summed E-state index contributed by atoms with van der Waals surface area (Å²) in [6.45, 7) is 16.6. The molecule has 2 atom stereocenters. The van der Waals surface area contributed by atoms with E-state index in [-0.39, 0.29) is 6.10 Å². The molecule has 0 saturated carbocycles. The second kappa shape index (κ2) is 12.7. The Morgan fingerprint density at radius 2 is 1.84 bits per heavy atom. The number of hydrogen-bond donors (Lipinski definition) is 1. The van der Waals surface area contributed by atoms with E-state index in [1.165, 1.54) is 21.9 Å². The molecule has 2 aromatic carbocycles. The highest BCUT2D eigenvalue weighted by Gasteiger charge is 2.28. The Kier molecular flexibility index (Phi) is 9.35. The molecule has 0 bridgehead atoms. The van der Waals surface area contributed by atoms with Crippen LogP contribution in [0.3, 0.4) is 0 Å². The van der Waals surface area contributed by atoms with Crippen molar-refractivity contribution in [3.05, 3.63) is 58.8 Å². The smallest absolute Gasteiger partial charge is 0.318 e. The van der Waals surface area contributed by atoms with Crippen molar-refractivity contribution >= 4 is 16.6 Å². The summed E-state index contributed by atoms with van der Waals surface area (Å²) in [5.74, 6) is 0.826. The van der Waals surface area contributed by atoms with Crippen LogP contribution >= 0.6 is 0 Å². The number of anilines is 1. The maximum Gasteiger partial charge on any atom is 0.318 e. The minimum Gasteiger partial charge on any atom is -0.462 e.